The molecule has 0 aliphatic rings. The maximum Gasteiger partial charge on any atom is 0.366 e. The Kier molecular flexibility index (Phi) is 5.68. The van der Waals surface area contributed by atoms with E-state index in [4.69, 9.17) is 4.84 Å². The molecule has 7 nitrogen and oxygen atoms in total. The van der Waals surface area contributed by atoms with Crippen molar-refractivity contribution in [2.45, 2.75) is 0 Å². The van der Waals surface area contributed by atoms with Gasteiger partial charge in [0.25, 0.3) is 5.69 Å². The molecule has 0 spiro atoms. The molecular formula is C19H12BrN3O4. The van der Waals surface area contributed by atoms with Crippen LogP contribution in [0, 0.1) is 10.1 Å². The number of hydrogen-bond acceptors (Lipinski definition) is 6. The largest absolute Gasteiger partial charge is 0.366 e. The van der Waals surface area contributed by atoms with E-state index in [-0.39, 0.29) is 5.69 Å². The van der Waals surface area contributed by atoms with E-state index in [1.165, 1.54) is 12.1 Å². The number of nitrogens with zero attached hydrogens (tertiary/aromatic N) is 3. The highest BCUT2D eigenvalue weighted by atomic mass is 79.9. The van der Waals surface area contributed by atoms with Crippen LogP contribution in [-0.2, 0) is 4.84 Å². The summed E-state index contributed by atoms with van der Waals surface area (Å²) in [5.74, 6) is -0.629. The van der Waals surface area contributed by atoms with E-state index in [1.807, 2.05) is 0 Å². The number of aromatic nitrogens is 1. The van der Waals surface area contributed by atoms with Crippen LogP contribution in [0.2, 0.25) is 0 Å². The van der Waals surface area contributed by atoms with E-state index in [2.05, 4.69) is 26.1 Å². The van der Waals surface area contributed by atoms with Crippen LogP contribution >= 0.6 is 15.9 Å². The predicted octanol–water partition coefficient (Wildman–Crippen LogP) is 4.36. The SMILES string of the molecule is O=C(O/N=C(/c1ccncc1)c1ccc([N+](=O)[O-])cc1)c1ccccc1Br. The number of rotatable bonds is 5. The molecule has 27 heavy (non-hydrogen) atoms. The molecule has 0 aliphatic carbocycles. The van der Waals surface area contributed by atoms with Crippen molar-refractivity contribution >= 4 is 33.3 Å². The number of hydrogen-bond donors (Lipinski definition) is 0. The highest BCUT2D eigenvalue weighted by molar-refractivity contribution is 9.10. The van der Waals surface area contributed by atoms with Crippen LogP contribution in [0.15, 0.2) is 82.7 Å². The molecule has 0 radical (unpaired) electrons. The molecule has 0 amide bonds. The summed E-state index contributed by atoms with van der Waals surface area (Å²) >= 11 is 3.29. The summed E-state index contributed by atoms with van der Waals surface area (Å²) in [7, 11) is 0. The summed E-state index contributed by atoms with van der Waals surface area (Å²) in [5, 5.41) is 14.9. The van der Waals surface area contributed by atoms with Crippen molar-refractivity contribution in [3.8, 4) is 0 Å². The zero-order valence-corrected chi connectivity index (χ0v) is 15.4. The highest BCUT2D eigenvalue weighted by Crippen LogP contribution is 2.19. The standard InChI is InChI=1S/C19H12BrN3O4/c20-17-4-2-1-3-16(17)19(24)27-22-18(14-9-11-21-12-10-14)13-5-7-15(8-6-13)23(25)26/h1-12H/b22-18+. The highest BCUT2D eigenvalue weighted by Gasteiger charge is 2.14. The lowest BCUT2D eigenvalue weighted by atomic mass is 10.0. The first-order chi connectivity index (χ1) is 13.1. The summed E-state index contributed by atoms with van der Waals surface area (Å²) in [6, 6.07) is 16.0. The van der Waals surface area contributed by atoms with Gasteiger partial charge in [0.2, 0.25) is 0 Å². The Bertz CT molecular complexity index is 1000. The molecule has 1 heterocycles. The molecule has 0 fully saturated rings. The third-order valence-electron chi connectivity index (χ3n) is 3.62. The fourth-order valence-corrected chi connectivity index (χ4v) is 2.73. The van der Waals surface area contributed by atoms with Crippen LogP contribution in [-0.4, -0.2) is 21.6 Å². The van der Waals surface area contributed by atoms with Crippen LogP contribution in [0.5, 0.6) is 0 Å². The Morgan fingerprint density at radius 1 is 1.00 bits per heavy atom. The van der Waals surface area contributed by atoms with Gasteiger partial charge in [0.15, 0.2) is 0 Å². The molecule has 0 saturated heterocycles. The van der Waals surface area contributed by atoms with Crippen molar-refractivity contribution in [2.24, 2.45) is 5.16 Å². The Hall–Kier alpha value is -3.39. The fourth-order valence-electron chi connectivity index (χ4n) is 2.29. The van der Waals surface area contributed by atoms with Crippen molar-refractivity contribution in [3.63, 3.8) is 0 Å². The summed E-state index contributed by atoms with van der Waals surface area (Å²) < 4.78 is 0.589. The maximum atomic E-state index is 12.3. The predicted molar refractivity (Wildman–Crippen MR) is 103 cm³/mol. The van der Waals surface area contributed by atoms with E-state index < -0.39 is 10.9 Å². The van der Waals surface area contributed by atoms with E-state index in [1.54, 1.807) is 60.9 Å². The molecular weight excluding hydrogens is 414 g/mol. The van der Waals surface area contributed by atoms with Gasteiger partial charge < -0.3 is 4.84 Å². The molecule has 0 unspecified atom stereocenters. The molecule has 134 valence electrons. The second kappa shape index (κ2) is 8.33. The summed E-state index contributed by atoms with van der Waals surface area (Å²) in [6.45, 7) is 0. The van der Waals surface area contributed by atoms with Gasteiger partial charge in [0, 0.05) is 40.1 Å². The van der Waals surface area contributed by atoms with E-state index in [9.17, 15) is 14.9 Å². The fraction of sp³-hybridized carbons (Fsp3) is 0. The number of carbonyl (C=O) groups excluding carboxylic acids is 1. The van der Waals surface area contributed by atoms with Gasteiger partial charge in [0.05, 0.1) is 10.5 Å². The van der Waals surface area contributed by atoms with Gasteiger partial charge in [-0.25, -0.2) is 4.79 Å². The van der Waals surface area contributed by atoms with Crippen LogP contribution in [0.1, 0.15) is 21.5 Å². The average molecular weight is 426 g/mol. The van der Waals surface area contributed by atoms with Crippen molar-refractivity contribution in [1.29, 1.82) is 0 Å². The number of benzene rings is 2. The number of carbonyl (C=O) groups is 1. The molecule has 0 atom stereocenters. The maximum absolute atomic E-state index is 12.3. The first-order valence-electron chi connectivity index (χ1n) is 7.75. The first kappa shape index (κ1) is 18.4. The zero-order chi connectivity index (χ0) is 19.2. The first-order valence-corrected chi connectivity index (χ1v) is 8.54. The zero-order valence-electron chi connectivity index (χ0n) is 13.8. The number of nitro groups is 1. The number of halogens is 1. The van der Waals surface area contributed by atoms with E-state index in [0.717, 1.165) is 0 Å². The topological polar surface area (TPSA) is 94.7 Å². The third kappa shape index (κ3) is 4.42. The van der Waals surface area contributed by atoms with Gasteiger partial charge in [-0.3, -0.25) is 15.1 Å². The van der Waals surface area contributed by atoms with Crippen LogP contribution < -0.4 is 0 Å². The third-order valence-corrected chi connectivity index (χ3v) is 4.31. The van der Waals surface area contributed by atoms with Crippen LogP contribution in [0.3, 0.4) is 0 Å². The smallest absolute Gasteiger partial charge is 0.312 e. The van der Waals surface area contributed by atoms with Gasteiger partial charge in [-0.2, -0.15) is 0 Å². The van der Waals surface area contributed by atoms with Gasteiger partial charge >= 0.3 is 5.97 Å². The second-order valence-corrected chi connectivity index (χ2v) is 6.19. The van der Waals surface area contributed by atoms with Crippen molar-refractivity contribution in [3.05, 3.63) is 104 Å². The minimum Gasteiger partial charge on any atom is -0.312 e. The minimum absolute atomic E-state index is 0.0435. The van der Waals surface area contributed by atoms with Gasteiger partial charge in [-0.15, -0.1) is 0 Å². The molecule has 8 heteroatoms. The Morgan fingerprint density at radius 3 is 2.26 bits per heavy atom. The minimum atomic E-state index is -0.629. The summed E-state index contributed by atoms with van der Waals surface area (Å²) in [6.07, 6.45) is 3.15. The number of non-ortho nitro benzene ring substituents is 1. The van der Waals surface area contributed by atoms with E-state index >= 15 is 0 Å². The lowest BCUT2D eigenvalue weighted by Crippen LogP contribution is -2.08. The molecule has 0 saturated carbocycles. The molecule has 3 rings (SSSR count). The lowest BCUT2D eigenvalue weighted by molar-refractivity contribution is -0.384. The molecule has 3 aromatic rings. The molecule has 0 N–H and O–H groups in total. The van der Waals surface area contributed by atoms with Crippen molar-refractivity contribution in [2.75, 3.05) is 0 Å². The number of oxime groups is 1. The summed E-state index contributed by atoms with van der Waals surface area (Å²) in [4.78, 5) is 31.8. The summed E-state index contributed by atoms with van der Waals surface area (Å²) in [5.41, 5.74) is 1.86. The van der Waals surface area contributed by atoms with Gasteiger partial charge in [0.1, 0.15) is 5.71 Å². The number of nitro benzene ring substituents is 1. The van der Waals surface area contributed by atoms with E-state index in [0.29, 0.717) is 26.9 Å². The average Bonchev–Trinajstić information content (AvgIpc) is 2.69. The molecule has 0 aliphatic heterocycles. The Balaban J connectivity index is 1.95. The van der Waals surface area contributed by atoms with Crippen molar-refractivity contribution < 1.29 is 14.6 Å². The van der Waals surface area contributed by atoms with Crippen LogP contribution in [0.25, 0.3) is 0 Å². The van der Waals surface area contributed by atoms with Gasteiger partial charge in [-0.1, -0.05) is 17.3 Å². The Labute approximate surface area is 162 Å². The number of pyridine rings is 1. The normalized spacial score (nSPS) is 11.1. The monoisotopic (exact) mass is 425 g/mol. The lowest BCUT2D eigenvalue weighted by Gasteiger charge is -2.07. The van der Waals surface area contributed by atoms with Crippen molar-refractivity contribution in [1.82, 2.24) is 4.98 Å². The van der Waals surface area contributed by atoms with Gasteiger partial charge in [-0.05, 0) is 52.3 Å². The molecule has 0 bridgehead atoms. The quantitative estimate of drug-likeness (QED) is 0.262. The molecule has 1 aromatic heterocycles. The Morgan fingerprint density at radius 2 is 1.63 bits per heavy atom. The second-order valence-electron chi connectivity index (χ2n) is 5.34. The van der Waals surface area contributed by atoms with Crippen LogP contribution in [0.4, 0.5) is 5.69 Å². The molecule has 2 aromatic carbocycles.